The third-order valence-corrected chi connectivity index (χ3v) is 18.5. The van der Waals surface area contributed by atoms with Crippen LogP contribution in [0.15, 0.2) is 89.0 Å². The lowest BCUT2D eigenvalue weighted by Gasteiger charge is -2.49. The number of aromatic hydroxyl groups is 1. The maximum Gasteiger partial charge on any atom is 0.243 e. The van der Waals surface area contributed by atoms with Crippen LogP contribution in [0.3, 0.4) is 0 Å². The Labute approximate surface area is 465 Å². The minimum Gasteiger partial charge on any atom is -0.507 e. The van der Waals surface area contributed by atoms with Crippen molar-refractivity contribution >= 4 is 46.2 Å². The summed E-state index contributed by atoms with van der Waals surface area (Å²) in [6.07, 6.45) is 7.16. The number of pyridine rings is 1. The first-order chi connectivity index (χ1) is 38.2. The largest absolute Gasteiger partial charge is 0.507 e. The molecule has 4 aromatic heterocycles. The molecule has 2 unspecified atom stereocenters. The number of piperidine rings is 1. The van der Waals surface area contributed by atoms with Crippen molar-refractivity contribution in [3.05, 3.63) is 102 Å². The average molecular weight is 1090 g/mol. The van der Waals surface area contributed by atoms with Gasteiger partial charge in [-0.15, -0.1) is 21.5 Å². The fourth-order valence-electron chi connectivity index (χ4n) is 13.3. The number of carbonyl (C=O) groups is 2. The minimum absolute atomic E-state index is 0.0714. The molecule has 6 aliphatic rings. The van der Waals surface area contributed by atoms with Gasteiger partial charge in [0.1, 0.15) is 23.8 Å². The van der Waals surface area contributed by atoms with E-state index >= 15 is 0 Å². The smallest absolute Gasteiger partial charge is 0.243 e. The number of morpholine rings is 1. The molecule has 5 aliphatic heterocycles. The molecular formula is C59H72N12O7S. The number of benzene rings is 2. The highest BCUT2D eigenvalue weighted by Gasteiger charge is 2.46. The van der Waals surface area contributed by atoms with Gasteiger partial charge >= 0.3 is 0 Å². The van der Waals surface area contributed by atoms with Gasteiger partial charge in [-0.1, -0.05) is 55.4 Å². The van der Waals surface area contributed by atoms with E-state index in [9.17, 15) is 19.8 Å². The highest BCUT2D eigenvalue weighted by Crippen LogP contribution is 2.42. The number of piperazine rings is 1. The number of anilines is 4. The molecule has 6 fully saturated rings. The van der Waals surface area contributed by atoms with Crippen molar-refractivity contribution in [1.29, 1.82) is 0 Å². The molecule has 5 N–H and O–H groups in total. The van der Waals surface area contributed by atoms with Crippen molar-refractivity contribution in [3.63, 3.8) is 0 Å². The van der Waals surface area contributed by atoms with Gasteiger partial charge in [0.15, 0.2) is 17.4 Å². The number of aliphatic hydroxyl groups excluding tert-OH is 1. The van der Waals surface area contributed by atoms with Crippen LogP contribution in [0.1, 0.15) is 94.7 Å². The van der Waals surface area contributed by atoms with Crippen LogP contribution in [0.5, 0.6) is 11.6 Å². The summed E-state index contributed by atoms with van der Waals surface area (Å²) < 4.78 is 19.1. The molecule has 6 atom stereocenters. The lowest BCUT2D eigenvalue weighted by Crippen LogP contribution is -2.58. The SMILES string of the molecule is Cc1ncsc1-c1ccc([C@H](C)NC(=O)[C@@H]2C[C@@H](O)CN2C(=O)[C@@H](c2cc(N3CCC4(CC3)CN(CC3CC(Oc5cc(N6C7CCC6CN(c6cc(-c8ccccc8O)nnc6N)C7)ccn5)C3)CCO4)no2)C(C)C)cc1. The first-order valence-electron chi connectivity index (χ1n) is 28.2. The number of β-amino-alcohol motifs (C(OH)–C–C–N with tert-alkyl or cyclic N) is 1. The third kappa shape index (κ3) is 10.8. The summed E-state index contributed by atoms with van der Waals surface area (Å²) in [5, 5.41) is 37.5. The summed E-state index contributed by atoms with van der Waals surface area (Å²) >= 11 is 1.60. The van der Waals surface area contributed by atoms with Crippen molar-refractivity contribution in [2.75, 3.05) is 79.4 Å². The predicted molar refractivity (Wildman–Crippen MR) is 302 cm³/mol. The molecule has 0 radical (unpaired) electrons. The van der Waals surface area contributed by atoms with Gasteiger partial charge in [-0.2, -0.15) is 0 Å². The molecular weight excluding hydrogens is 1020 g/mol. The Balaban J connectivity index is 0.608. The van der Waals surface area contributed by atoms with Crippen LogP contribution in [-0.4, -0.2) is 152 Å². The average Bonchev–Trinajstić information content (AvgIpc) is 4.43. The topological polar surface area (TPSA) is 225 Å². The highest BCUT2D eigenvalue weighted by molar-refractivity contribution is 7.13. The Kier molecular flexibility index (Phi) is 14.7. The Hall–Kier alpha value is -6.87. The van der Waals surface area contributed by atoms with Gasteiger partial charge in [-0.05, 0) is 99.6 Å². The number of fused-ring (bicyclic) bond motifs is 2. The van der Waals surface area contributed by atoms with E-state index in [0.29, 0.717) is 59.1 Å². The normalized spacial score (nSPS) is 24.7. The Bertz CT molecular complexity index is 3130. The Morgan fingerprint density at radius 2 is 1.70 bits per heavy atom. The molecule has 19 nitrogen and oxygen atoms in total. The van der Waals surface area contributed by atoms with Crippen LogP contribution in [0.25, 0.3) is 21.7 Å². The number of phenolic OH excluding ortho intramolecular Hbond substituents is 1. The molecule has 2 amide bonds. The number of nitrogens with one attached hydrogen (secondary N) is 1. The number of amides is 2. The molecule has 1 aliphatic carbocycles. The zero-order valence-corrected chi connectivity index (χ0v) is 46.3. The lowest BCUT2D eigenvalue weighted by atomic mass is 9.81. The number of nitrogens with zero attached hydrogens (tertiary/aromatic N) is 10. The molecule has 12 rings (SSSR count). The van der Waals surface area contributed by atoms with Gasteiger partial charge in [-0.25, -0.2) is 9.97 Å². The number of phenols is 1. The van der Waals surface area contributed by atoms with E-state index < -0.39 is 18.1 Å². The summed E-state index contributed by atoms with van der Waals surface area (Å²) in [4.78, 5) is 49.7. The van der Waals surface area contributed by atoms with Gasteiger partial charge in [0.05, 0.1) is 51.8 Å². The molecule has 2 bridgehead atoms. The summed E-state index contributed by atoms with van der Waals surface area (Å²) in [6.45, 7) is 14.5. The van der Waals surface area contributed by atoms with E-state index in [4.69, 9.17) is 19.7 Å². The number of nitrogen functional groups attached to an aromatic ring is 1. The fourth-order valence-corrected chi connectivity index (χ4v) is 14.1. The monoisotopic (exact) mass is 1090 g/mol. The van der Waals surface area contributed by atoms with E-state index in [1.807, 2.05) is 87.9 Å². The van der Waals surface area contributed by atoms with Crippen LogP contribution in [0.4, 0.5) is 23.0 Å². The summed E-state index contributed by atoms with van der Waals surface area (Å²) in [5.74, 6) is 1.54. The number of hydrogen-bond acceptors (Lipinski definition) is 18. The van der Waals surface area contributed by atoms with Crippen LogP contribution < -0.4 is 30.5 Å². The van der Waals surface area contributed by atoms with Crippen molar-refractivity contribution in [3.8, 4) is 33.3 Å². The summed E-state index contributed by atoms with van der Waals surface area (Å²) in [7, 11) is 0. The Morgan fingerprint density at radius 3 is 2.43 bits per heavy atom. The molecule has 416 valence electrons. The lowest BCUT2D eigenvalue weighted by molar-refractivity contribution is -0.141. The van der Waals surface area contributed by atoms with Crippen molar-refractivity contribution < 1.29 is 33.8 Å². The number of likely N-dealkylation sites (tertiary alicyclic amines) is 1. The number of carbonyl (C=O) groups excluding carboxylic acids is 2. The molecule has 2 aromatic carbocycles. The number of rotatable bonds is 15. The van der Waals surface area contributed by atoms with Gasteiger partial charge < -0.3 is 54.9 Å². The number of nitrogens with two attached hydrogens (primary N) is 1. The number of ether oxygens (including phenoxy) is 2. The van der Waals surface area contributed by atoms with Gasteiger partial charge in [0.2, 0.25) is 17.7 Å². The number of thiazole rings is 1. The molecule has 9 heterocycles. The summed E-state index contributed by atoms with van der Waals surface area (Å²) in [6, 6.07) is 22.8. The standard InChI is InChI=1S/C59H72N12O7S/c1-35(2)54(58(75)70-32-44(72)26-49(70)57(74)63-36(3)39-9-11-40(12-10-39)55-37(4)62-34-79-55)51-28-52(66-78-51)68-19-16-59(17-20-68)33-67(21-22-76-59)29-38-23-45(24-38)77-53-25-41(15-18-61-53)71-42-13-14-43(71)31-69(30-42)48-27-47(64-65-56(48)60)46-7-5-6-8-50(46)73/h5-12,15,18,25,27-28,34-36,38,42-45,49,54,72-73H,13-14,16-17,19-24,26,29-33H2,1-4H3,(H2,60,65)(H,63,74)/t36-,38?,42?,43?,44+,45?,49-,54+/m0/s1. The molecule has 79 heavy (non-hydrogen) atoms. The van der Waals surface area contributed by atoms with Crippen molar-refractivity contribution in [2.24, 2.45) is 11.8 Å². The number of para-hydroxylation sites is 1. The number of aromatic nitrogens is 5. The minimum atomic E-state index is -0.816. The number of hydrogen-bond donors (Lipinski definition) is 4. The molecule has 6 aromatic rings. The van der Waals surface area contributed by atoms with Crippen molar-refractivity contribution in [1.82, 2.24) is 40.4 Å². The van der Waals surface area contributed by atoms with E-state index in [1.54, 1.807) is 23.5 Å². The Morgan fingerprint density at radius 1 is 0.924 bits per heavy atom. The van der Waals surface area contributed by atoms with Crippen LogP contribution in [-0.2, 0) is 14.3 Å². The molecule has 5 saturated heterocycles. The van der Waals surface area contributed by atoms with E-state index in [0.717, 1.165) is 117 Å². The first kappa shape index (κ1) is 52.8. The second-order valence-electron chi connectivity index (χ2n) is 23.2. The van der Waals surface area contributed by atoms with E-state index in [-0.39, 0.29) is 54.2 Å². The van der Waals surface area contributed by atoms with Crippen molar-refractivity contribution in [2.45, 2.75) is 121 Å². The van der Waals surface area contributed by atoms with E-state index in [2.05, 4.69) is 62.4 Å². The van der Waals surface area contributed by atoms with Gasteiger partial charge in [0, 0.05) is 100 Å². The maximum atomic E-state index is 14.5. The maximum absolute atomic E-state index is 14.5. The van der Waals surface area contributed by atoms with Crippen LogP contribution in [0.2, 0.25) is 0 Å². The zero-order valence-electron chi connectivity index (χ0n) is 45.5. The number of aliphatic hydroxyl groups is 1. The van der Waals surface area contributed by atoms with Crippen LogP contribution >= 0.6 is 11.3 Å². The highest BCUT2D eigenvalue weighted by atomic mass is 32.1. The quantitative estimate of drug-likeness (QED) is 0.0797. The van der Waals surface area contributed by atoms with Crippen LogP contribution in [0, 0.1) is 18.8 Å². The van der Waals surface area contributed by atoms with Gasteiger partial charge in [0.25, 0.3) is 0 Å². The number of aryl methyl sites for hydroxylation is 1. The van der Waals surface area contributed by atoms with Gasteiger partial charge in [-0.3, -0.25) is 14.5 Å². The first-order valence-corrected chi connectivity index (χ1v) is 29.1. The molecule has 1 spiro atoms. The predicted octanol–water partition coefficient (Wildman–Crippen LogP) is 7.21. The van der Waals surface area contributed by atoms with E-state index in [1.165, 1.54) is 4.90 Å². The zero-order chi connectivity index (χ0) is 54.5. The second-order valence-corrected chi connectivity index (χ2v) is 24.1. The summed E-state index contributed by atoms with van der Waals surface area (Å²) in [5.41, 5.74) is 14.2. The fraction of sp³-hybridized carbons (Fsp3) is 0.508. The molecule has 20 heteroatoms. The molecule has 1 saturated carbocycles. The third-order valence-electron chi connectivity index (χ3n) is 17.5. The second kappa shape index (κ2) is 22.0.